The molecule has 10 heteroatoms. The number of likely N-dealkylation sites (tertiary alicyclic amines) is 1. The van der Waals surface area contributed by atoms with Gasteiger partial charge in [0.2, 0.25) is 5.88 Å². The van der Waals surface area contributed by atoms with Gasteiger partial charge in [0.1, 0.15) is 11.4 Å². The maximum Gasteiger partial charge on any atom is 0.237 e. The van der Waals surface area contributed by atoms with Crippen molar-refractivity contribution in [2.75, 3.05) is 26.7 Å². The Balaban J connectivity index is 1.25. The summed E-state index contributed by atoms with van der Waals surface area (Å²) in [5.74, 6) is 0.346. The zero-order valence-corrected chi connectivity index (χ0v) is 28.2. The number of pyridine rings is 1. The van der Waals surface area contributed by atoms with E-state index in [1.54, 1.807) is 13.3 Å². The third-order valence-electron chi connectivity index (χ3n) is 9.25. The van der Waals surface area contributed by atoms with E-state index in [1.165, 1.54) is 5.56 Å². The highest BCUT2D eigenvalue weighted by molar-refractivity contribution is 6.38. The Labute approximate surface area is 280 Å². The topological polar surface area (TPSA) is 91.7 Å². The first-order chi connectivity index (χ1) is 22.2. The summed E-state index contributed by atoms with van der Waals surface area (Å²) in [5, 5.41) is 10.6. The van der Waals surface area contributed by atoms with Gasteiger partial charge in [-0.05, 0) is 49.4 Å². The number of aliphatic hydroxyl groups excluding tert-OH is 1. The minimum absolute atomic E-state index is 0.0688. The zero-order valence-electron chi connectivity index (χ0n) is 26.7. The van der Waals surface area contributed by atoms with Crippen molar-refractivity contribution in [2.24, 2.45) is 0 Å². The molecule has 1 N–H and O–H groups in total. The van der Waals surface area contributed by atoms with E-state index in [0.29, 0.717) is 69.8 Å². The molecular weight excluding hydrogens is 621 g/mol. The average Bonchev–Trinajstić information content (AvgIpc) is 3.04. The van der Waals surface area contributed by atoms with E-state index >= 15 is 0 Å². The van der Waals surface area contributed by atoms with E-state index in [9.17, 15) is 9.90 Å². The van der Waals surface area contributed by atoms with Crippen molar-refractivity contribution >= 4 is 29.0 Å². The number of Topliss-reactive ketones (excluding diaryl/α,β-unsaturated/α-hetero) is 1. The predicted octanol–water partition coefficient (Wildman–Crippen LogP) is 6.59. The first-order valence-corrected chi connectivity index (χ1v) is 16.6. The lowest BCUT2D eigenvalue weighted by Gasteiger charge is -2.35. The van der Waals surface area contributed by atoms with Gasteiger partial charge in [-0.15, -0.1) is 0 Å². The van der Waals surface area contributed by atoms with E-state index in [0.717, 1.165) is 48.3 Å². The number of ketones is 1. The summed E-state index contributed by atoms with van der Waals surface area (Å²) in [4.78, 5) is 32.3. The molecule has 4 aromatic rings. The van der Waals surface area contributed by atoms with Gasteiger partial charge in [0, 0.05) is 61.9 Å². The standard InChI is InChI=1S/C36H39Cl2N5O3/c1-5-22(3)43-13-12-25-21(2)14-29(40-31(25)20-43)33(45)15-23-8-6-9-26(34(23)37)27-10-7-11-28(35(27)38)30-16-39-32(36(41-30)46-4)19-42-17-24(44)18-42/h6-11,14,16,22,24,44H,5,12-13,15,17-20H2,1-4H3. The molecule has 4 heterocycles. The van der Waals surface area contributed by atoms with Crippen molar-refractivity contribution in [3.8, 4) is 28.3 Å². The Hall–Kier alpha value is -3.40. The molecule has 8 nitrogen and oxygen atoms in total. The molecule has 0 spiro atoms. The van der Waals surface area contributed by atoms with Crippen LogP contribution in [-0.2, 0) is 25.9 Å². The zero-order chi connectivity index (χ0) is 32.5. The molecule has 1 atom stereocenters. The summed E-state index contributed by atoms with van der Waals surface area (Å²) < 4.78 is 5.56. The lowest BCUT2D eigenvalue weighted by atomic mass is 9.95. The highest BCUT2D eigenvalue weighted by Gasteiger charge is 2.27. The number of β-amino-alcohol motifs (C(OH)–C–C–N with tert-alkyl or cyclic N) is 1. The van der Waals surface area contributed by atoms with Crippen molar-refractivity contribution in [3.63, 3.8) is 0 Å². The number of fused-ring (bicyclic) bond motifs is 1. The maximum atomic E-state index is 13.6. The normalized spacial score (nSPS) is 16.2. The number of benzene rings is 2. The molecule has 240 valence electrons. The molecule has 0 radical (unpaired) electrons. The highest BCUT2D eigenvalue weighted by Crippen LogP contribution is 2.40. The van der Waals surface area contributed by atoms with Crippen LogP contribution < -0.4 is 4.74 Å². The van der Waals surface area contributed by atoms with E-state index in [-0.39, 0.29) is 18.3 Å². The molecule has 2 aromatic heterocycles. The van der Waals surface area contributed by atoms with E-state index in [1.807, 2.05) is 42.5 Å². The number of aromatic nitrogens is 3. The molecular formula is C36H39Cl2N5O3. The summed E-state index contributed by atoms with van der Waals surface area (Å²) >= 11 is 14.0. The minimum Gasteiger partial charge on any atom is -0.480 e. The van der Waals surface area contributed by atoms with Gasteiger partial charge in [-0.25, -0.2) is 9.97 Å². The fourth-order valence-electron chi connectivity index (χ4n) is 6.35. The van der Waals surface area contributed by atoms with Crippen molar-refractivity contribution in [1.82, 2.24) is 24.8 Å². The number of carbonyl (C=O) groups is 1. The van der Waals surface area contributed by atoms with Gasteiger partial charge in [0.25, 0.3) is 0 Å². The Kier molecular flexibility index (Phi) is 9.73. The molecule has 46 heavy (non-hydrogen) atoms. The number of ether oxygens (including phenoxy) is 1. The van der Waals surface area contributed by atoms with Gasteiger partial charge in [0.15, 0.2) is 5.78 Å². The van der Waals surface area contributed by atoms with Crippen LogP contribution in [0.15, 0.2) is 48.7 Å². The summed E-state index contributed by atoms with van der Waals surface area (Å²) in [7, 11) is 1.56. The summed E-state index contributed by atoms with van der Waals surface area (Å²) in [6, 6.07) is 13.8. The minimum atomic E-state index is -0.298. The Morgan fingerprint density at radius 1 is 1.09 bits per heavy atom. The van der Waals surface area contributed by atoms with Gasteiger partial charge in [0.05, 0.1) is 40.8 Å². The lowest BCUT2D eigenvalue weighted by Crippen LogP contribution is -2.50. The number of nitrogens with zero attached hydrogens (tertiary/aromatic N) is 5. The van der Waals surface area contributed by atoms with Crippen LogP contribution in [0.5, 0.6) is 5.88 Å². The van der Waals surface area contributed by atoms with Crippen LogP contribution in [0.1, 0.15) is 58.8 Å². The number of hydrogen-bond donors (Lipinski definition) is 1. The third-order valence-corrected chi connectivity index (χ3v) is 10.1. The first-order valence-electron chi connectivity index (χ1n) is 15.8. The van der Waals surface area contributed by atoms with Crippen LogP contribution in [0.25, 0.3) is 22.4 Å². The summed E-state index contributed by atoms with van der Waals surface area (Å²) in [5.41, 5.74) is 7.99. The monoisotopic (exact) mass is 659 g/mol. The lowest BCUT2D eigenvalue weighted by molar-refractivity contribution is -0.00403. The molecule has 2 aliphatic rings. The second-order valence-electron chi connectivity index (χ2n) is 12.3. The number of carbonyl (C=O) groups excluding carboxylic acids is 1. The fourth-order valence-corrected chi connectivity index (χ4v) is 6.97. The molecule has 1 fully saturated rings. The molecule has 0 saturated carbocycles. The third kappa shape index (κ3) is 6.55. The number of aliphatic hydroxyl groups is 1. The fraction of sp³-hybridized carbons (Fsp3) is 0.389. The van der Waals surface area contributed by atoms with Crippen molar-refractivity contribution in [3.05, 3.63) is 92.5 Å². The predicted molar refractivity (Wildman–Crippen MR) is 182 cm³/mol. The quantitative estimate of drug-likeness (QED) is 0.191. The van der Waals surface area contributed by atoms with Crippen molar-refractivity contribution in [2.45, 2.75) is 65.3 Å². The molecule has 1 unspecified atom stereocenters. The molecule has 2 aromatic carbocycles. The summed E-state index contributed by atoms with van der Waals surface area (Å²) in [6.45, 7) is 10.0. The number of halogens is 2. The van der Waals surface area contributed by atoms with Gasteiger partial charge in [-0.3, -0.25) is 19.6 Å². The van der Waals surface area contributed by atoms with Crippen LogP contribution in [0, 0.1) is 6.92 Å². The van der Waals surface area contributed by atoms with E-state index in [4.69, 9.17) is 37.9 Å². The SMILES string of the molecule is CCC(C)N1CCc2c(C)cc(C(=O)Cc3cccc(-c4cccc(-c5cnc(CN6CC(O)C6)c(OC)n5)c4Cl)c3Cl)nc2C1. The second kappa shape index (κ2) is 13.8. The van der Waals surface area contributed by atoms with Crippen LogP contribution in [-0.4, -0.2) is 74.5 Å². The van der Waals surface area contributed by atoms with Crippen LogP contribution in [0.3, 0.4) is 0 Å². The maximum absolute atomic E-state index is 13.6. The smallest absolute Gasteiger partial charge is 0.237 e. The van der Waals surface area contributed by atoms with Crippen LogP contribution >= 0.6 is 23.2 Å². The Morgan fingerprint density at radius 3 is 2.52 bits per heavy atom. The van der Waals surface area contributed by atoms with Crippen LogP contribution in [0.2, 0.25) is 10.0 Å². The first kappa shape index (κ1) is 32.5. The molecule has 1 saturated heterocycles. The Bertz CT molecular complexity index is 1780. The Morgan fingerprint density at radius 2 is 1.80 bits per heavy atom. The molecule has 0 aliphatic carbocycles. The van der Waals surface area contributed by atoms with Gasteiger partial charge in [-0.2, -0.15) is 0 Å². The van der Waals surface area contributed by atoms with Crippen LogP contribution in [0.4, 0.5) is 0 Å². The van der Waals surface area contributed by atoms with Gasteiger partial charge < -0.3 is 9.84 Å². The molecule has 6 rings (SSSR count). The molecule has 0 bridgehead atoms. The highest BCUT2D eigenvalue weighted by atomic mass is 35.5. The molecule has 0 amide bonds. The van der Waals surface area contributed by atoms with E-state index in [2.05, 4.69) is 35.6 Å². The van der Waals surface area contributed by atoms with Gasteiger partial charge >= 0.3 is 0 Å². The second-order valence-corrected chi connectivity index (χ2v) is 13.1. The van der Waals surface area contributed by atoms with Crippen molar-refractivity contribution in [1.29, 1.82) is 0 Å². The number of aryl methyl sites for hydroxylation is 1. The number of rotatable bonds is 10. The summed E-state index contributed by atoms with van der Waals surface area (Å²) in [6.07, 6.45) is 3.54. The van der Waals surface area contributed by atoms with E-state index < -0.39 is 0 Å². The molecule has 2 aliphatic heterocycles. The van der Waals surface area contributed by atoms with Crippen molar-refractivity contribution < 1.29 is 14.6 Å². The van der Waals surface area contributed by atoms with Gasteiger partial charge in [-0.1, -0.05) is 66.5 Å². The number of methoxy groups -OCH3 is 1. The number of hydrogen-bond acceptors (Lipinski definition) is 8. The average molecular weight is 661 g/mol. The largest absolute Gasteiger partial charge is 0.480 e.